The van der Waals surface area contributed by atoms with Gasteiger partial charge in [0.15, 0.2) is 63.8 Å². The number of furan rings is 1. The summed E-state index contributed by atoms with van der Waals surface area (Å²) in [4.78, 5) is 51.5. The highest BCUT2D eigenvalue weighted by atomic mass is 19.1. The summed E-state index contributed by atoms with van der Waals surface area (Å²) in [6, 6.07) is 21.3. The molecule has 0 bridgehead atoms. The van der Waals surface area contributed by atoms with Gasteiger partial charge in [0.1, 0.15) is 29.5 Å². The van der Waals surface area contributed by atoms with Crippen molar-refractivity contribution in [1.82, 2.24) is 60.1 Å². The maximum atomic E-state index is 15.2. The topological polar surface area (TPSA) is 237 Å². The molecule has 0 saturated carbocycles. The standard InChI is InChI=1S/C26H23F2N7O2.C24H21F2N7O3/c1-4-35(3)26(36)21-24(32-20-12-18(33-34-20)15-8-6-5-7-9-15)29-13-30-25(21)37-19-11-17(27)23-16(22(19)28)10-14(2)31-23;1-4-33(3)24(34)19-22(30-18-10-15(31-32-18)16-6-5-7-35-16)27-11-28-23(19)36-17-9-14(25)21-13(20(17)26)8-12(2)29-21/h5-13,31H,4H2,1-3H3,(H2,29,30,32,33,34);5-11,29H,4H2,1-3H3,(H2,27,28,30,31,32). The molecule has 23 heteroatoms. The number of fused-ring (bicyclic) bond motifs is 2. The van der Waals surface area contributed by atoms with Crippen LogP contribution in [0.4, 0.5) is 40.8 Å². The van der Waals surface area contributed by atoms with Crippen molar-refractivity contribution in [2.24, 2.45) is 0 Å². The highest BCUT2D eigenvalue weighted by Gasteiger charge is 2.28. The summed E-state index contributed by atoms with van der Waals surface area (Å²) >= 11 is 0. The smallest absolute Gasteiger partial charge is 0.262 e. The van der Waals surface area contributed by atoms with Crippen molar-refractivity contribution < 1.29 is 41.0 Å². The van der Waals surface area contributed by atoms with E-state index in [4.69, 9.17) is 13.9 Å². The molecule has 0 fully saturated rings. The van der Waals surface area contributed by atoms with Crippen molar-refractivity contribution in [3.63, 3.8) is 0 Å². The lowest BCUT2D eigenvalue weighted by Crippen LogP contribution is -2.28. The van der Waals surface area contributed by atoms with Crippen LogP contribution in [-0.4, -0.2) is 99.1 Å². The van der Waals surface area contributed by atoms with Gasteiger partial charge in [-0.25, -0.2) is 37.5 Å². The number of aromatic amines is 4. The molecule has 0 spiro atoms. The third-order valence-corrected chi connectivity index (χ3v) is 11.4. The van der Waals surface area contributed by atoms with Gasteiger partial charge in [-0.3, -0.25) is 19.8 Å². The van der Waals surface area contributed by atoms with E-state index in [-0.39, 0.29) is 56.3 Å². The number of nitrogens with one attached hydrogen (secondary N) is 6. The van der Waals surface area contributed by atoms with E-state index in [1.54, 1.807) is 66.1 Å². The summed E-state index contributed by atoms with van der Waals surface area (Å²) in [5.74, 6) is -3.79. The quantitative estimate of drug-likeness (QED) is 0.0557. The maximum Gasteiger partial charge on any atom is 0.262 e. The molecule has 0 aliphatic heterocycles. The summed E-state index contributed by atoms with van der Waals surface area (Å²) in [5, 5.41) is 20.2. The normalized spacial score (nSPS) is 11.1. The Hall–Kier alpha value is -9.54. The molecule has 10 aromatic rings. The Morgan fingerprint density at radius 1 is 0.630 bits per heavy atom. The van der Waals surface area contributed by atoms with Crippen molar-refractivity contribution >= 4 is 56.9 Å². The van der Waals surface area contributed by atoms with Crippen LogP contribution < -0.4 is 20.1 Å². The maximum absolute atomic E-state index is 15.2. The Bertz CT molecular complexity index is 3630. The minimum Gasteiger partial charge on any atom is -0.463 e. The lowest BCUT2D eigenvalue weighted by atomic mass is 10.1. The van der Waals surface area contributed by atoms with Crippen LogP contribution in [0.15, 0.2) is 102 Å². The van der Waals surface area contributed by atoms with Gasteiger partial charge in [-0.05, 0) is 57.5 Å². The van der Waals surface area contributed by atoms with Gasteiger partial charge in [-0.1, -0.05) is 30.3 Å². The third kappa shape index (κ3) is 9.95. The first-order valence-electron chi connectivity index (χ1n) is 22.5. The second-order valence-electron chi connectivity index (χ2n) is 16.4. The molecule has 0 aliphatic carbocycles. The Morgan fingerprint density at radius 3 is 1.58 bits per heavy atom. The van der Waals surface area contributed by atoms with Crippen LogP contribution in [0.2, 0.25) is 0 Å². The molecule has 3 aromatic carbocycles. The van der Waals surface area contributed by atoms with Crippen LogP contribution in [-0.2, 0) is 0 Å². The molecular formula is C50H44F4N14O5. The fourth-order valence-electron chi connectivity index (χ4n) is 7.50. The first-order chi connectivity index (χ1) is 35.2. The van der Waals surface area contributed by atoms with Crippen molar-refractivity contribution in [1.29, 1.82) is 0 Å². The molecule has 0 unspecified atom stereocenters. The Labute approximate surface area is 412 Å². The van der Waals surface area contributed by atoms with Crippen LogP contribution in [0.1, 0.15) is 46.0 Å². The molecule has 0 aliphatic rings. The predicted molar refractivity (Wildman–Crippen MR) is 262 cm³/mol. The zero-order valence-corrected chi connectivity index (χ0v) is 39.8. The van der Waals surface area contributed by atoms with E-state index < -0.39 is 46.6 Å². The van der Waals surface area contributed by atoms with E-state index in [9.17, 15) is 18.4 Å². The minimum absolute atomic E-state index is 0.0234. The predicted octanol–water partition coefficient (Wildman–Crippen LogP) is 10.7. The number of amides is 2. The van der Waals surface area contributed by atoms with Gasteiger partial charge in [0.25, 0.3) is 11.8 Å². The van der Waals surface area contributed by atoms with Gasteiger partial charge in [0, 0.05) is 73.6 Å². The van der Waals surface area contributed by atoms with E-state index in [1.165, 1.54) is 34.5 Å². The van der Waals surface area contributed by atoms with Gasteiger partial charge in [0.05, 0.1) is 23.0 Å². The van der Waals surface area contributed by atoms with Gasteiger partial charge >= 0.3 is 0 Å². The number of carbonyl (C=O) groups excluding carboxylic acids is 2. The van der Waals surface area contributed by atoms with Gasteiger partial charge in [0.2, 0.25) is 11.8 Å². The van der Waals surface area contributed by atoms with Crippen LogP contribution in [0.3, 0.4) is 0 Å². The molecule has 0 atom stereocenters. The monoisotopic (exact) mass is 996 g/mol. The summed E-state index contributed by atoms with van der Waals surface area (Å²) in [6.07, 6.45) is 3.84. The molecule has 2 amide bonds. The molecule has 7 heterocycles. The number of rotatable bonds is 14. The number of anilines is 4. The largest absolute Gasteiger partial charge is 0.463 e. The number of carbonyl (C=O) groups is 2. The molecule has 73 heavy (non-hydrogen) atoms. The second-order valence-corrected chi connectivity index (χ2v) is 16.4. The Kier molecular flexibility index (Phi) is 13.6. The molecule has 7 aromatic heterocycles. The number of H-pyrrole nitrogens is 4. The van der Waals surface area contributed by atoms with Crippen molar-refractivity contribution in [2.45, 2.75) is 27.7 Å². The average Bonchev–Trinajstić information content (AvgIpc) is 4.27. The molecule has 10 rings (SSSR count). The second kappa shape index (κ2) is 20.4. The number of hydrogen-bond acceptors (Lipinski definition) is 13. The number of nitrogens with zero attached hydrogens (tertiary/aromatic N) is 8. The van der Waals surface area contributed by atoms with E-state index in [2.05, 4.69) is 60.9 Å². The van der Waals surface area contributed by atoms with Crippen LogP contribution >= 0.6 is 0 Å². The Balaban J connectivity index is 0.000000180. The molecule has 19 nitrogen and oxygen atoms in total. The number of ether oxygens (including phenoxy) is 2. The zero-order valence-electron chi connectivity index (χ0n) is 39.8. The van der Waals surface area contributed by atoms with E-state index >= 15 is 8.78 Å². The van der Waals surface area contributed by atoms with Gasteiger partial charge < -0.3 is 44.3 Å². The summed E-state index contributed by atoms with van der Waals surface area (Å²) in [5.41, 5.74) is 3.37. The van der Waals surface area contributed by atoms with Gasteiger partial charge in [-0.2, -0.15) is 10.2 Å². The zero-order chi connectivity index (χ0) is 51.5. The number of aryl methyl sites for hydroxylation is 2. The molecule has 0 saturated heterocycles. The van der Waals surface area contributed by atoms with E-state index in [0.717, 1.165) is 29.7 Å². The van der Waals surface area contributed by atoms with Crippen molar-refractivity contribution in [2.75, 3.05) is 37.8 Å². The summed E-state index contributed by atoms with van der Waals surface area (Å²) < 4.78 is 76.5. The lowest BCUT2D eigenvalue weighted by molar-refractivity contribution is 0.0791. The average molecular weight is 997 g/mol. The number of aromatic nitrogens is 10. The first kappa shape index (κ1) is 48.5. The van der Waals surface area contributed by atoms with Crippen LogP contribution in [0.5, 0.6) is 23.3 Å². The highest BCUT2D eigenvalue weighted by molar-refractivity contribution is 6.02. The highest BCUT2D eigenvalue weighted by Crippen LogP contribution is 2.37. The van der Waals surface area contributed by atoms with E-state index in [0.29, 0.717) is 47.6 Å². The molecule has 372 valence electrons. The summed E-state index contributed by atoms with van der Waals surface area (Å²) in [7, 11) is 3.18. The molecule has 6 N–H and O–H groups in total. The Morgan fingerprint density at radius 2 is 1.11 bits per heavy atom. The number of benzene rings is 3. The minimum atomic E-state index is -0.790. The SMILES string of the molecule is CCN(C)C(=O)c1c(Nc2cc(-c3ccccc3)[nH]n2)ncnc1Oc1cc(F)c2[nH]c(C)cc2c1F.CCN(C)C(=O)c1c(Nc2cc(-c3ccco3)[nH]n2)ncnc1Oc1cc(F)c2[nH]c(C)cc2c1F. The van der Waals surface area contributed by atoms with Crippen LogP contribution in [0, 0.1) is 37.1 Å². The third-order valence-electron chi connectivity index (χ3n) is 11.4. The lowest BCUT2D eigenvalue weighted by Gasteiger charge is -2.19. The molecule has 0 radical (unpaired) electrons. The first-order valence-corrected chi connectivity index (χ1v) is 22.5. The fraction of sp³-hybridized carbons (Fsp3) is 0.160. The number of halogens is 4. The number of hydrogen-bond donors (Lipinski definition) is 6. The van der Waals surface area contributed by atoms with Crippen LogP contribution in [0.25, 0.3) is 44.5 Å². The fourth-order valence-corrected chi connectivity index (χ4v) is 7.50. The van der Waals surface area contributed by atoms with Crippen molar-refractivity contribution in [3.8, 4) is 46.0 Å². The molecular weight excluding hydrogens is 953 g/mol. The van der Waals surface area contributed by atoms with Crippen molar-refractivity contribution in [3.05, 3.63) is 144 Å². The van der Waals surface area contributed by atoms with Gasteiger partial charge in [-0.15, -0.1) is 0 Å². The summed E-state index contributed by atoms with van der Waals surface area (Å²) in [6.45, 7) is 7.71. The van der Waals surface area contributed by atoms with E-state index in [1.807, 2.05) is 30.3 Å².